The van der Waals surface area contributed by atoms with Crippen LogP contribution in [0.3, 0.4) is 0 Å². The van der Waals surface area contributed by atoms with Crippen molar-refractivity contribution in [1.82, 2.24) is 49.8 Å². The molecule has 6 atom stereocenters. The molecule has 0 amide bonds. The first-order valence-electron chi connectivity index (χ1n) is 27.9. The molecule has 13 rings (SSSR count). The molecule has 0 bridgehead atoms. The number of hydrogen-bond acceptors (Lipinski definition) is 10. The number of pyridine rings is 10. The third-order valence-corrected chi connectivity index (χ3v) is 17.8. The Hall–Kier alpha value is -8.50. The maximum atomic E-state index is 5.15. The van der Waals surface area contributed by atoms with Crippen LogP contribution in [0.25, 0.3) is 56.3 Å². The highest BCUT2D eigenvalue weighted by Crippen LogP contribution is 2.56. The fourth-order valence-electron chi connectivity index (χ4n) is 13.7. The van der Waals surface area contributed by atoms with Crippen molar-refractivity contribution < 1.29 is 0 Å². The molecular weight excluding hydrogens is 957 g/mol. The van der Waals surface area contributed by atoms with Gasteiger partial charge in [0.1, 0.15) is 0 Å². The molecule has 3 saturated carbocycles. The number of rotatable bonds is 12. The van der Waals surface area contributed by atoms with Crippen molar-refractivity contribution in [3.05, 3.63) is 242 Å². The van der Waals surface area contributed by atoms with Crippen molar-refractivity contribution in [2.45, 2.75) is 87.4 Å². The zero-order valence-corrected chi connectivity index (χ0v) is 43.7. The molecule has 0 radical (unpaired) electrons. The lowest BCUT2D eigenvalue weighted by Crippen LogP contribution is -2.36. The first-order chi connectivity index (χ1) is 38.6. The molecule has 10 heteroatoms. The van der Waals surface area contributed by atoms with Crippen LogP contribution in [-0.4, -0.2) is 49.8 Å². The molecular formula is C68H62N10. The lowest BCUT2D eigenvalue weighted by molar-refractivity contribution is 0.0812. The molecule has 10 nitrogen and oxygen atoms in total. The van der Waals surface area contributed by atoms with Crippen molar-refractivity contribution in [3.63, 3.8) is 0 Å². The molecule has 0 N–H and O–H groups in total. The third-order valence-electron chi connectivity index (χ3n) is 17.8. The largest absolute Gasteiger partial charge is 0.265 e. The second-order valence-corrected chi connectivity index (χ2v) is 22.2. The van der Waals surface area contributed by atoms with Crippen molar-refractivity contribution in [2.24, 2.45) is 23.7 Å². The second kappa shape index (κ2) is 22.6. The van der Waals surface area contributed by atoms with Crippen LogP contribution >= 0.6 is 0 Å². The van der Waals surface area contributed by atoms with Gasteiger partial charge in [0, 0.05) is 121 Å². The van der Waals surface area contributed by atoms with Crippen LogP contribution in [0, 0.1) is 23.7 Å². The van der Waals surface area contributed by atoms with E-state index in [-0.39, 0.29) is 0 Å². The predicted octanol–water partition coefficient (Wildman–Crippen LogP) is 15.2. The van der Waals surface area contributed by atoms with Crippen molar-refractivity contribution in [3.8, 4) is 56.3 Å². The van der Waals surface area contributed by atoms with E-state index in [2.05, 4.69) is 129 Å². The minimum absolute atomic E-state index is 0.362. The minimum Gasteiger partial charge on any atom is -0.265 e. The highest BCUT2D eigenvalue weighted by atomic mass is 14.7. The predicted molar refractivity (Wildman–Crippen MR) is 307 cm³/mol. The van der Waals surface area contributed by atoms with Gasteiger partial charge < -0.3 is 0 Å². The summed E-state index contributed by atoms with van der Waals surface area (Å²) in [4.78, 5) is 46.8. The molecule has 3 aliphatic rings. The summed E-state index contributed by atoms with van der Waals surface area (Å²) in [6.45, 7) is 0. The summed E-state index contributed by atoms with van der Waals surface area (Å²) < 4.78 is 0. The van der Waals surface area contributed by atoms with Crippen LogP contribution in [0.1, 0.15) is 115 Å². The van der Waals surface area contributed by atoms with Gasteiger partial charge in [-0.25, -0.2) is 0 Å². The molecule has 0 aliphatic heterocycles. The summed E-state index contributed by atoms with van der Waals surface area (Å²) >= 11 is 0. The number of aromatic nitrogens is 10. The molecule has 384 valence electrons. The van der Waals surface area contributed by atoms with Crippen LogP contribution in [0.2, 0.25) is 0 Å². The van der Waals surface area contributed by atoms with Gasteiger partial charge in [-0.05, 0) is 230 Å². The van der Waals surface area contributed by atoms with Crippen molar-refractivity contribution >= 4 is 0 Å². The van der Waals surface area contributed by atoms with E-state index in [1.54, 1.807) is 0 Å². The highest BCUT2D eigenvalue weighted by Gasteiger charge is 2.44. The first-order valence-corrected chi connectivity index (χ1v) is 27.9. The molecule has 6 unspecified atom stereocenters. The summed E-state index contributed by atoms with van der Waals surface area (Å²) in [6, 6.07) is 43.3. The number of nitrogens with zero attached hydrogens (tertiary/aromatic N) is 10. The molecule has 78 heavy (non-hydrogen) atoms. The van der Waals surface area contributed by atoms with E-state index in [9.17, 15) is 0 Å². The fraction of sp³-hybridized carbons (Fsp3) is 0.265. The molecule has 0 aromatic carbocycles. The van der Waals surface area contributed by atoms with Crippen LogP contribution in [0.5, 0.6) is 0 Å². The Kier molecular flexibility index (Phi) is 14.2. The normalized spacial score (nSPS) is 23.3. The lowest BCUT2D eigenvalue weighted by Gasteiger charge is -2.48. The van der Waals surface area contributed by atoms with Gasteiger partial charge in [-0.3, -0.25) is 49.8 Å². The average Bonchev–Trinajstić information content (AvgIpc) is 3.58. The van der Waals surface area contributed by atoms with Gasteiger partial charge in [-0.15, -0.1) is 0 Å². The Balaban J connectivity index is 0.852. The van der Waals surface area contributed by atoms with E-state index in [0.717, 1.165) is 108 Å². The van der Waals surface area contributed by atoms with Crippen LogP contribution in [0.15, 0.2) is 214 Å². The summed E-state index contributed by atoms with van der Waals surface area (Å²) in [5.74, 6) is 3.89. The van der Waals surface area contributed by atoms with E-state index in [0.29, 0.717) is 53.3 Å². The Bertz CT molecular complexity index is 3120. The maximum absolute atomic E-state index is 5.15. The topological polar surface area (TPSA) is 129 Å². The lowest BCUT2D eigenvalue weighted by atomic mass is 9.57. The van der Waals surface area contributed by atoms with Gasteiger partial charge in [0.15, 0.2) is 0 Å². The van der Waals surface area contributed by atoms with Gasteiger partial charge >= 0.3 is 0 Å². The SMILES string of the molecule is c1cc(-c2ccc(C3CC(c4ccc(-c5ccncc5)nc4)CC(C4CC(c5ccc(-c6ccncc6)nc5)CC(C5CC(c6ccc(-c7ccncc7)nc6)CC(c6ccc(-c7ccncc7)nc6)C5)C4)C3)cn2)ccn1. The second-order valence-electron chi connectivity index (χ2n) is 22.2. The van der Waals surface area contributed by atoms with Gasteiger partial charge in [-0.1, -0.05) is 30.3 Å². The van der Waals surface area contributed by atoms with E-state index in [4.69, 9.17) is 24.9 Å². The molecule has 10 aromatic heterocycles. The molecule has 3 aliphatic carbocycles. The monoisotopic (exact) mass is 1020 g/mol. The number of hydrogen-bond donors (Lipinski definition) is 0. The van der Waals surface area contributed by atoms with E-state index in [1.807, 2.05) is 110 Å². The summed E-state index contributed by atoms with van der Waals surface area (Å²) in [5.41, 5.74) is 17.0. The van der Waals surface area contributed by atoms with Gasteiger partial charge in [0.25, 0.3) is 0 Å². The summed E-state index contributed by atoms with van der Waals surface area (Å²) in [5, 5.41) is 0. The average molecular weight is 1020 g/mol. The molecule has 10 heterocycles. The molecule has 0 saturated heterocycles. The molecule has 10 aromatic rings. The molecule has 0 spiro atoms. The van der Waals surface area contributed by atoms with E-state index >= 15 is 0 Å². The Morgan fingerprint density at radius 2 is 0.397 bits per heavy atom. The zero-order chi connectivity index (χ0) is 52.0. The fourth-order valence-corrected chi connectivity index (χ4v) is 13.7. The highest BCUT2D eigenvalue weighted by molar-refractivity contribution is 5.61. The first kappa shape index (κ1) is 49.1. The van der Waals surface area contributed by atoms with E-state index in [1.165, 1.54) is 34.2 Å². The van der Waals surface area contributed by atoms with Crippen LogP contribution in [0.4, 0.5) is 0 Å². The smallest absolute Gasteiger partial charge is 0.0703 e. The Morgan fingerprint density at radius 3 is 0.590 bits per heavy atom. The van der Waals surface area contributed by atoms with Gasteiger partial charge in [0.2, 0.25) is 0 Å². The van der Waals surface area contributed by atoms with Gasteiger partial charge in [0.05, 0.1) is 28.5 Å². The van der Waals surface area contributed by atoms with Crippen LogP contribution < -0.4 is 0 Å². The van der Waals surface area contributed by atoms with Gasteiger partial charge in [-0.2, -0.15) is 0 Å². The Labute approximate surface area is 457 Å². The van der Waals surface area contributed by atoms with Crippen LogP contribution in [-0.2, 0) is 0 Å². The Morgan fingerprint density at radius 1 is 0.205 bits per heavy atom. The minimum atomic E-state index is 0.362. The quantitative estimate of drug-likeness (QED) is 0.117. The van der Waals surface area contributed by atoms with Crippen molar-refractivity contribution in [2.75, 3.05) is 0 Å². The summed E-state index contributed by atoms with van der Waals surface area (Å²) in [6.07, 6.45) is 39.5. The zero-order valence-electron chi connectivity index (χ0n) is 43.7. The maximum Gasteiger partial charge on any atom is 0.0703 e. The van der Waals surface area contributed by atoms with Crippen molar-refractivity contribution in [1.29, 1.82) is 0 Å². The summed E-state index contributed by atoms with van der Waals surface area (Å²) in [7, 11) is 0. The standard InChI is InChI=1S/C68H62N10/c1-6-64(45-11-21-69-22-12-45)74-40-50(1)55-31-56(51-2-7-65(75-41-51)46-13-23-70-24-14-46)34-60(33-55)62-37-59(54-5-10-68(78-44-54)49-19-29-73-30-20-49)38-63(39-62)61-35-57(52-3-8-66(76-42-52)47-15-25-71-26-16-47)32-58(36-61)53-4-9-67(77-43-53)48-17-27-72-28-18-48/h1-30,40-44,55-63H,31-39H2. The third kappa shape index (κ3) is 10.9. The van der Waals surface area contributed by atoms with E-state index < -0.39 is 0 Å². The molecule has 3 fully saturated rings.